The molecule has 0 bridgehead atoms. The maximum Gasteiger partial charge on any atom is 0.253 e. The quantitative estimate of drug-likeness (QED) is 0.768. The minimum Gasteiger partial charge on any atom is -0.350 e. The van der Waals surface area contributed by atoms with Gasteiger partial charge in [-0.3, -0.25) is 9.59 Å². The van der Waals surface area contributed by atoms with Crippen molar-refractivity contribution in [2.45, 2.75) is 39.2 Å². The molecular weight excluding hydrogens is 336 g/mol. The van der Waals surface area contributed by atoms with Crippen molar-refractivity contribution in [2.24, 2.45) is 0 Å². The molecule has 1 unspecified atom stereocenters. The van der Waals surface area contributed by atoms with Crippen LogP contribution in [-0.4, -0.2) is 17.9 Å². The van der Waals surface area contributed by atoms with Crippen LogP contribution in [0.4, 0.5) is 5.69 Å². The molecule has 0 saturated carbocycles. The summed E-state index contributed by atoms with van der Waals surface area (Å²) in [6.07, 6.45) is 1.80. The summed E-state index contributed by atoms with van der Waals surface area (Å²) in [5, 5.41) is 6.43. The molecular formula is C20H23ClN2O2. The third-order valence-corrected chi connectivity index (χ3v) is 4.24. The van der Waals surface area contributed by atoms with Crippen LogP contribution in [0.25, 0.3) is 0 Å². The molecule has 2 N–H and O–H groups in total. The van der Waals surface area contributed by atoms with Crippen LogP contribution in [0.5, 0.6) is 0 Å². The fourth-order valence-electron chi connectivity index (χ4n) is 2.32. The van der Waals surface area contributed by atoms with Crippen LogP contribution in [0.15, 0.2) is 48.5 Å². The van der Waals surface area contributed by atoms with Crippen molar-refractivity contribution in [1.82, 2.24) is 5.32 Å². The zero-order chi connectivity index (χ0) is 18.2. The van der Waals surface area contributed by atoms with Gasteiger partial charge in [-0.1, -0.05) is 42.8 Å². The van der Waals surface area contributed by atoms with Gasteiger partial charge in [0.25, 0.3) is 5.91 Å². The van der Waals surface area contributed by atoms with Gasteiger partial charge in [0.05, 0.1) is 11.3 Å². The van der Waals surface area contributed by atoms with Crippen LogP contribution in [0.1, 0.15) is 42.6 Å². The predicted molar refractivity (Wildman–Crippen MR) is 102 cm³/mol. The fourth-order valence-corrected chi connectivity index (χ4v) is 2.44. The SMILES string of the molecule is CCC(C)NC(=O)c1ccccc1NC(=O)CCc1ccc(Cl)cc1. The summed E-state index contributed by atoms with van der Waals surface area (Å²) < 4.78 is 0. The van der Waals surface area contributed by atoms with Gasteiger partial charge in [0, 0.05) is 17.5 Å². The number of nitrogens with one attached hydrogen (secondary N) is 2. The monoisotopic (exact) mass is 358 g/mol. The van der Waals surface area contributed by atoms with Crippen molar-refractivity contribution in [3.05, 3.63) is 64.7 Å². The molecule has 1 atom stereocenters. The van der Waals surface area contributed by atoms with Gasteiger partial charge in [-0.2, -0.15) is 0 Å². The van der Waals surface area contributed by atoms with E-state index in [0.29, 0.717) is 29.1 Å². The number of hydrogen-bond donors (Lipinski definition) is 2. The normalized spacial score (nSPS) is 11.6. The van der Waals surface area contributed by atoms with Gasteiger partial charge in [-0.15, -0.1) is 0 Å². The minimum atomic E-state index is -0.178. The lowest BCUT2D eigenvalue weighted by molar-refractivity contribution is -0.116. The second-order valence-corrected chi connectivity index (χ2v) is 6.44. The van der Waals surface area contributed by atoms with Crippen LogP contribution >= 0.6 is 11.6 Å². The van der Waals surface area contributed by atoms with Crippen molar-refractivity contribution >= 4 is 29.1 Å². The molecule has 0 spiro atoms. The maximum absolute atomic E-state index is 12.4. The number of halogens is 1. The predicted octanol–water partition coefficient (Wildman–Crippen LogP) is 4.44. The van der Waals surface area contributed by atoms with Crippen LogP contribution < -0.4 is 10.6 Å². The van der Waals surface area contributed by atoms with Crippen LogP contribution in [0.2, 0.25) is 5.02 Å². The number of aryl methyl sites for hydroxylation is 1. The first kappa shape index (κ1) is 19.0. The summed E-state index contributed by atoms with van der Waals surface area (Å²) in [5.41, 5.74) is 2.05. The molecule has 2 aromatic carbocycles. The van der Waals surface area contributed by atoms with E-state index in [2.05, 4.69) is 10.6 Å². The van der Waals surface area contributed by atoms with E-state index in [-0.39, 0.29) is 17.9 Å². The Bertz CT molecular complexity index is 729. The van der Waals surface area contributed by atoms with Crippen molar-refractivity contribution in [3.63, 3.8) is 0 Å². The summed E-state index contributed by atoms with van der Waals surface area (Å²) in [4.78, 5) is 24.6. The standard InChI is InChI=1S/C20H23ClN2O2/c1-3-14(2)22-20(25)17-6-4-5-7-18(17)23-19(24)13-10-15-8-11-16(21)12-9-15/h4-9,11-12,14H,3,10,13H2,1-2H3,(H,22,25)(H,23,24). The third-order valence-electron chi connectivity index (χ3n) is 3.99. The van der Waals surface area contributed by atoms with E-state index < -0.39 is 0 Å². The van der Waals surface area contributed by atoms with E-state index >= 15 is 0 Å². The molecule has 0 radical (unpaired) electrons. The first-order valence-electron chi connectivity index (χ1n) is 8.43. The van der Waals surface area contributed by atoms with Crippen molar-refractivity contribution in [1.29, 1.82) is 0 Å². The van der Waals surface area contributed by atoms with E-state index in [4.69, 9.17) is 11.6 Å². The third kappa shape index (κ3) is 5.91. The zero-order valence-electron chi connectivity index (χ0n) is 14.5. The molecule has 0 saturated heterocycles. The Hall–Kier alpha value is -2.33. The molecule has 2 aromatic rings. The van der Waals surface area contributed by atoms with Crippen LogP contribution in [-0.2, 0) is 11.2 Å². The summed E-state index contributed by atoms with van der Waals surface area (Å²) in [5.74, 6) is -0.304. The highest BCUT2D eigenvalue weighted by atomic mass is 35.5. The molecule has 4 nitrogen and oxygen atoms in total. The lowest BCUT2D eigenvalue weighted by Crippen LogP contribution is -2.32. The van der Waals surface area contributed by atoms with Gasteiger partial charge in [-0.25, -0.2) is 0 Å². The number of benzene rings is 2. The summed E-state index contributed by atoms with van der Waals surface area (Å²) in [7, 11) is 0. The van der Waals surface area contributed by atoms with Crippen molar-refractivity contribution < 1.29 is 9.59 Å². The molecule has 2 amide bonds. The summed E-state index contributed by atoms with van der Waals surface area (Å²) in [6, 6.07) is 14.6. The Labute approximate surface area is 153 Å². The molecule has 132 valence electrons. The highest BCUT2D eigenvalue weighted by molar-refractivity contribution is 6.30. The van der Waals surface area contributed by atoms with Gasteiger partial charge in [0.2, 0.25) is 5.91 Å². The highest BCUT2D eigenvalue weighted by Crippen LogP contribution is 2.16. The Morgan fingerprint density at radius 3 is 2.44 bits per heavy atom. The van der Waals surface area contributed by atoms with Crippen LogP contribution in [0, 0.1) is 0 Å². The maximum atomic E-state index is 12.4. The lowest BCUT2D eigenvalue weighted by Gasteiger charge is -2.14. The van der Waals surface area contributed by atoms with E-state index in [1.54, 1.807) is 24.3 Å². The molecule has 0 aliphatic heterocycles. The van der Waals surface area contributed by atoms with Crippen molar-refractivity contribution in [2.75, 3.05) is 5.32 Å². The van der Waals surface area contributed by atoms with Crippen LogP contribution in [0.3, 0.4) is 0 Å². The summed E-state index contributed by atoms with van der Waals surface area (Å²) >= 11 is 5.86. The Balaban J connectivity index is 1.98. The van der Waals surface area contributed by atoms with Gasteiger partial charge < -0.3 is 10.6 Å². The molecule has 25 heavy (non-hydrogen) atoms. The number of rotatable bonds is 7. The summed E-state index contributed by atoms with van der Waals surface area (Å²) in [6.45, 7) is 3.96. The van der Waals surface area contributed by atoms with Gasteiger partial charge in [-0.05, 0) is 49.6 Å². The van der Waals surface area contributed by atoms with Gasteiger partial charge >= 0.3 is 0 Å². The van der Waals surface area contributed by atoms with E-state index in [1.165, 1.54) is 0 Å². The minimum absolute atomic E-state index is 0.0844. The Kier molecular flexibility index (Phi) is 7.02. The smallest absolute Gasteiger partial charge is 0.253 e. The topological polar surface area (TPSA) is 58.2 Å². The first-order valence-corrected chi connectivity index (χ1v) is 8.81. The largest absolute Gasteiger partial charge is 0.350 e. The molecule has 0 fully saturated rings. The van der Waals surface area contributed by atoms with E-state index in [0.717, 1.165) is 12.0 Å². The average molecular weight is 359 g/mol. The first-order chi connectivity index (χ1) is 12.0. The Morgan fingerprint density at radius 1 is 1.08 bits per heavy atom. The molecule has 2 rings (SSSR count). The number of hydrogen-bond acceptors (Lipinski definition) is 2. The second-order valence-electron chi connectivity index (χ2n) is 6.00. The number of anilines is 1. The highest BCUT2D eigenvalue weighted by Gasteiger charge is 2.14. The number of carbonyl (C=O) groups is 2. The number of para-hydroxylation sites is 1. The fraction of sp³-hybridized carbons (Fsp3) is 0.300. The van der Waals surface area contributed by atoms with E-state index in [9.17, 15) is 9.59 Å². The molecule has 0 aliphatic carbocycles. The zero-order valence-corrected chi connectivity index (χ0v) is 15.3. The molecule has 0 aliphatic rings. The van der Waals surface area contributed by atoms with E-state index in [1.807, 2.05) is 38.1 Å². The lowest BCUT2D eigenvalue weighted by atomic mass is 10.1. The second kappa shape index (κ2) is 9.23. The van der Waals surface area contributed by atoms with Gasteiger partial charge in [0.1, 0.15) is 0 Å². The Morgan fingerprint density at radius 2 is 1.76 bits per heavy atom. The molecule has 5 heteroatoms. The van der Waals surface area contributed by atoms with Crippen molar-refractivity contribution in [3.8, 4) is 0 Å². The molecule has 0 heterocycles. The average Bonchev–Trinajstić information content (AvgIpc) is 2.61. The number of carbonyl (C=O) groups excluding carboxylic acids is 2. The number of amides is 2. The molecule has 0 aromatic heterocycles. The van der Waals surface area contributed by atoms with Gasteiger partial charge in [0.15, 0.2) is 0 Å².